The Hall–Kier alpha value is -2.13. The van der Waals surface area contributed by atoms with Crippen molar-refractivity contribution in [3.05, 3.63) is 30.3 Å². The molecule has 0 radical (unpaired) electrons. The second-order valence-corrected chi connectivity index (χ2v) is 6.51. The number of carbonyl (C=O) groups is 2. The van der Waals surface area contributed by atoms with Crippen molar-refractivity contribution in [3.8, 4) is 0 Å². The smallest absolute Gasteiger partial charge is 0.362 e. The number of fused-ring (bicyclic) bond motifs is 1. The number of rotatable bonds is 4. The lowest BCUT2D eigenvalue weighted by molar-refractivity contribution is -0.151. The molecule has 0 aliphatic carbocycles. The van der Waals surface area contributed by atoms with E-state index in [9.17, 15) is 18.0 Å². The van der Waals surface area contributed by atoms with Crippen molar-refractivity contribution >= 4 is 27.8 Å². The number of likely N-dealkylation sites (tertiary alicyclic amines) is 1. The Labute approximate surface area is 127 Å². The summed E-state index contributed by atoms with van der Waals surface area (Å²) < 4.78 is 31.6. The molecule has 0 bridgehead atoms. The molecule has 1 aromatic rings. The van der Waals surface area contributed by atoms with Gasteiger partial charge in [0.2, 0.25) is 5.91 Å². The lowest BCUT2D eigenvalue weighted by atomic mass is 10.0. The van der Waals surface area contributed by atoms with Crippen LogP contribution in [-0.2, 0) is 19.9 Å². The summed E-state index contributed by atoms with van der Waals surface area (Å²) in [5.41, 5.74) is 0.783. The van der Waals surface area contributed by atoms with Crippen molar-refractivity contribution in [2.75, 3.05) is 18.4 Å². The topological polar surface area (TPSA) is 107 Å². The first-order valence-electron chi connectivity index (χ1n) is 6.78. The van der Waals surface area contributed by atoms with Gasteiger partial charge in [0, 0.05) is 12.2 Å². The molecule has 2 amide bonds. The van der Waals surface area contributed by atoms with E-state index in [0.717, 1.165) is 5.69 Å². The average Bonchev–Trinajstić information content (AvgIpc) is 2.83. The number of anilines is 1. The summed E-state index contributed by atoms with van der Waals surface area (Å²) in [5.74, 6) is -1.03. The molecule has 8 nitrogen and oxygen atoms in total. The van der Waals surface area contributed by atoms with E-state index in [1.165, 1.54) is 4.90 Å². The largest absolute Gasteiger partial charge is 0.376 e. The van der Waals surface area contributed by atoms with Gasteiger partial charge in [0.05, 0.1) is 12.6 Å². The van der Waals surface area contributed by atoms with Crippen LogP contribution in [-0.4, -0.2) is 59.2 Å². The molecule has 0 aromatic heterocycles. The van der Waals surface area contributed by atoms with Crippen LogP contribution >= 0.6 is 0 Å². The maximum Gasteiger partial charge on any atom is 0.362 e. The first-order valence-corrected chi connectivity index (χ1v) is 8.18. The minimum Gasteiger partial charge on any atom is -0.376 e. The van der Waals surface area contributed by atoms with Gasteiger partial charge in [-0.15, -0.1) is 0 Å². The number of hydrogen-bond donors (Lipinski definition) is 2. The molecular weight excluding hydrogens is 310 g/mol. The summed E-state index contributed by atoms with van der Waals surface area (Å²) >= 11 is 0. The minimum atomic E-state index is -4.54. The molecule has 22 heavy (non-hydrogen) atoms. The predicted molar refractivity (Wildman–Crippen MR) is 77.2 cm³/mol. The first kappa shape index (κ1) is 14.8. The van der Waals surface area contributed by atoms with Crippen LogP contribution in [0.3, 0.4) is 0 Å². The van der Waals surface area contributed by atoms with E-state index in [1.807, 2.05) is 30.3 Å². The zero-order valence-corrected chi connectivity index (χ0v) is 12.4. The quantitative estimate of drug-likeness (QED) is 0.582. The van der Waals surface area contributed by atoms with Crippen molar-refractivity contribution in [1.82, 2.24) is 9.21 Å². The molecule has 2 atom stereocenters. The molecule has 2 aliphatic heterocycles. The zero-order chi connectivity index (χ0) is 15.9. The Morgan fingerprint density at radius 2 is 2.00 bits per heavy atom. The molecule has 2 N–H and O–H groups in total. The molecule has 0 unspecified atom stereocenters. The van der Waals surface area contributed by atoms with E-state index < -0.39 is 28.3 Å². The summed E-state index contributed by atoms with van der Waals surface area (Å²) in [4.78, 5) is 25.4. The van der Waals surface area contributed by atoms with Gasteiger partial charge in [-0.2, -0.15) is 8.42 Å². The number of hydrogen-bond acceptors (Lipinski definition) is 5. The van der Waals surface area contributed by atoms with Crippen molar-refractivity contribution < 1.29 is 22.6 Å². The summed E-state index contributed by atoms with van der Waals surface area (Å²) in [6, 6.07) is 7.71. The molecule has 118 valence electrons. The van der Waals surface area contributed by atoms with E-state index in [2.05, 4.69) is 5.32 Å². The molecular formula is C13H15N3O5S. The molecule has 2 aliphatic rings. The summed E-state index contributed by atoms with van der Waals surface area (Å²) in [6.45, 7) is 0.314. The molecule has 0 saturated carbocycles. The fraction of sp³-hybridized carbons (Fsp3) is 0.385. The monoisotopic (exact) mass is 325 g/mol. The fourth-order valence-corrected chi connectivity index (χ4v) is 3.83. The number of carbonyl (C=O) groups excluding carboxylic acids is 2. The van der Waals surface area contributed by atoms with E-state index in [0.29, 0.717) is 17.3 Å². The molecule has 1 aromatic carbocycles. The number of nitrogens with one attached hydrogen (secondary N) is 1. The number of nitrogens with zero attached hydrogens (tertiary/aromatic N) is 2. The maximum absolute atomic E-state index is 12.2. The third kappa shape index (κ3) is 2.42. The van der Waals surface area contributed by atoms with Crippen LogP contribution in [0.2, 0.25) is 0 Å². The predicted octanol–water partition coefficient (Wildman–Crippen LogP) is -0.287. The van der Waals surface area contributed by atoms with E-state index in [4.69, 9.17) is 4.55 Å². The van der Waals surface area contributed by atoms with Crippen LogP contribution in [0.15, 0.2) is 30.3 Å². The van der Waals surface area contributed by atoms with Gasteiger partial charge < -0.3 is 10.2 Å². The van der Waals surface area contributed by atoms with Crippen LogP contribution in [0.1, 0.15) is 6.42 Å². The van der Waals surface area contributed by atoms with E-state index in [1.54, 1.807) is 0 Å². The van der Waals surface area contributed by atoms with Crippen LogP contribution in [0.5, 0.6) is 0 Å². The molecule has 9 heteroatoms. The molecule has 2 saturated heterocycles. The average molecular weight is 325 g/mol. The Morgan fingerprint density at radius 3 is 2.64 bits per heavy atom. The summed E-state index contributed by atoms with van der Waals surface area (Å²) in [6.07, 6.45) is 0.341. The van der Waals surface area contributed by atoms with Gasteiger partial charge >= 0.3 is 10.3 Å². The Kier molecular flexibility index (Phi) is 3.53. The molecule has 0 spiro atoms. The van der Waals surface area contributed by atoms with E-state index in [-0.39, 0.29) is 12.5 Å². The van der Waals surface area contributed by atoms with Gasteiger partial charge in [0.1, 0.15) is 6.04 Å². The Balaban J connectivity index is 1.63. The lowest BCUT2D eigenvalue weighted by Crippen LogP contribution is -2.68. The van der Waals surface area contributed by atoms with Gasteiger partial charge in [-0.3, -0.25) is 14.1 Å². The fourth-order valence-electron chi connectivity index (χ4n) is 2.93. The maximum atomic E-state index is 12.2. The SMILES string of the molecule is O=C(CNc1ccccc1)N1CC[C@@H]2[C@H]1C(=O)N2S(=O)(=O)O. The van der Waals surface area contributed by atoms with Gasteiger partial charge in [-0.05, 0) is 18.6 Å². The standard InChI is InChI=1S/C13H15N3O5S/c17-11(8-14-9-4-2-1-3-5-9)15-7-6-10-12(15)13(18)16(10)22(19,20)21/h1-5,10,12,14H,6-8H2,(H,19,20,21)/t10-,12+/m1/s1. The second kappa shape index (κ2) is 5.25. The van der Waals surface area contributed by atoms with Crippen LogP contribution in [0, 0.1) is 0 Å². The van der Waals surface area contributed by atoms with Crippen LogP contribution < -0.4 is 5.32 Å². The van der Waals surface area contributed by atoms with Crippen LogP contribution in [0.4, 0.5) is 5.69 Å². The van der Waals surface area contributed by atoms with Gasteiger partial charge in [-0.1, -0.05) is 18.2 Å². The number of amides is 2. The van der Waals surface area contributed by atoms with Gasteiger partial charge in [-0.25, -0.2) is 4.31 Å². The zero-order valence-electron chi connectivity index (χ0n) is 11.5. The normalized spacial score (nSPS) is 24.0. The minimum absolute atomic E-state index is 0.0202. The van der Waals surface area contributed by atoms with Gasteiger partial charge in [0.25, 0.3) is 5.91 Å². The lowest BCUT2D eigenvalue weighted by Gasteiger charge is -2.42. The summed E-state index contributed by atoms with van der Waals surface area (Å²) in [5, 5.41) is 2.95. The molecule has 3 rings (SSSR count). The highest BCUT2D eigenvalue weighted by Gasteiger charge is 2.59. The summed E-state index contributed by atoms with van der Waals surface area (Å²) in [7, 11) is -4.54. The Bertz CT molecular complexity index is 706. The highest BCUT2D eigenvalue weighted by Crippen LogP contribution is 2.35. The molecule has 2 heterocycles. The Morgan fingerprint density at radius 1 is 1.32 bits per heavy atom. The van der Waals surface area contributed by atoms with Crippen molar-refractivity contribution in [1.29, 1.82) is 0 Å². The number of β-lactam (4-membered cyclic amide) rings is 1. The van der Waals surface area contributed by atoms with Crippen LogP contribution in [0.25, 0.3) is 0 Å². The second-order valence-electron chi connectivity index (χ2n) is 5.22. The number of benzene rings is 1. The third-order valence-corrected chi connectivity index (χ3v) is 4.87. The molecule has 2 fully saturated rings. The van der Waals surface area contributed by atoms with E-state index >= 15 is 0 Å². The van der Waals surface area contributed by atoms with Crippen molar-refractivity contribution in [3.63, 3.8) is 0 Å². The highest BCUT2D eigenvalue weighted by atomic mass is 32.2. The van der Waals surface area contributed by atoms with Crippen molar-refractivity contribution in [2.45, 2.75) is 18.5 Å². The highest BCUT2D eigenvalue weighted by molar-refractivity contribution is 7.84. The van der Waals surface area contributed by atoms with Gasteiger partial charge in [0.15, 0.2) is 0 Å². The van der Waals surface area contributed by atoms with Crippen molar-refractivity contribution in [2.24, 2.45) is 0 Å². The number of para-hydroxylation sites is 1. The first-order chi connectivity index (χ1) is 10.4. The third-order valence-electron chi connectivity index (χ3n) is 3.92.